The molecule has 10 nitrogen and oxygen atoms in total. The first-order valence-corrected chi connectivity index (χ1v) is 14.8. The molecule has 0 saturated carbocycles. The molecular formula is C30H30N2O8S. The van der Waals surface area contributed by atoms with Crippen molar-refractivity contribution in [3.8, 4) is 0 Å². The molecule has 5 rings (SSSR count). The van der Waals surface area contributed by atoms with Gasteiger partial charge in [-0.15, -0.1) is 0 Å². The molecule has 41 heavy (non-hydrogen) atoms. The second-order valence-corrected chi connectivity index (χ2v) is 11.5. The number of aliphatic hydroxyl groups excluding tert-OH is 1. The van der Waals surface area contributed by atoms with Gasteiger partial charge in [0, 0.05) is 11.8 Å². The Hall–Kier alpha value is -3.87. The molecule has 0 radical (unpaired) electrons. The number of benzene rings is 3. The maximum atomic E-state index is 12.7. The normalized spacial score (nSPS) is 21.1. The number of aryl methyl sites for hydroxylation is 1. The largest absolute Gasteiger partial charge is 0.387 e. The zero-order chi connectivity index (χ0) is 29.2. The number of aliphatic hydroxyl groups is 1. The Kier molecular flexibility index (Phi) is 8.07. The van der Waals surface area contributed by atoms with Crippen molar-refractivity contribution in [2.75, 3.05) is 12.9 Å². The van der Waals surface area contributed by atoms with E-state index in [2.05, 4.69) is 4.98 Å². The SMILES string of the molecule is Cc1cn([C@@H]2O[C@H](COC(c3ccccc3)(c3ccccc3)c3ccccc3)[C@H](O)C2OS(C)(=O)=O)c(=O)[nH]c1=O. The summed E-state index contributed by atoms with van der Waals surface area (Å²) in [6.45, 7) is 1.28. The fourth-order valence-corrected chi connectivity index (χ4v) is 5.75. The Morgan fingerprint density at radius 3 is 1.85 bits per heavy atom. The summed E-state index contributed by atoms with van der Waals surface area (Å²) in [6, 6.07) is 28.7. The van der Waals surface area contributed by atoms with Gasteiger partial charge in [-0.3, -0.25) is 18.5 Å². The number of hydrogen-bond acceptors (Lipinski definition) is 8. The van der Waals surface area contributed by atoms with Crippen molar-refractivity contribution in [3.05, 3.63) is 140 Å². The lowest BCUT2D eigenvalue weighted by Gasteiger charge is -2.37. The minimum atomic E-state index is -4.08. The van der Waals surface area contributed by atoms with Crippen LogP contribution in [0.5, 0.6) is 0 Å². The number of H-pyrrole nitrogens is 1. The molecule has 1 saturated heterocycles. The predicted octanol–water partition coefficient (Wildman–Crippen LogP) is 2.46. The van der Waals surface area contributed by atoms with Crippen LogP contribution in [0.3, 0.4) is 0 Å². The van der Waals surface area contributed by atoms with Crippen LogP contribution in [0.4, 0.5) is 0 Å². The molecule has 1 aliphatic heterocycles. The number of hydrogen-bond donors (Lipinski definition) is 2. The number of rotatable bonds is 9. The zero-order valence-electron chi connectivity index (χ0n) is 22.4. The number of nitrogens with zero attached hydrogens (tertiary/aromatic N) is 1. The minimum Gasteiger partial charge on any atom is -0.387 e. The molecule has 0 aliphatic carbocycles. The lowest BCUT2D eigenvalue weighted by atomic mass is 9.80. The lowest BCUT2D eigenvalue weighted by Crippen LogP contribution is -2.41. The fraction of sp³-hybridized carbons (Fsp3) is 0.267. The Morgan fingerprint density at radius 2 is 1.39 bits per heavy atom. The fourth-order valence-electron chi connectivity index (χ4n) is 5.14. The Balaban J connectivity index is 1.57. The highest BCUT2D eigenvalue weighted by atomic mass is 32.2. The van der Waals surface area contributed by atoms with Crippen LogP contribution >= 0.6 is 0 Å². The average molecular weight is 579 g/mol. The molecule has 1 aromatic heterocycles. The smallest absolute Gasteiger partial charge is 0.330 e. The van der Waals surface area contributed by atoms with E-state index in [9.17, 15) is 23.1 Å². The molecule has 3 aromatic carbocycles. The average Bonchev–Trinajstić information content (AvgIpc) is 3.26. The molecule has 214 valence electrons. The van der Waals surface area contributed by atoms with Crippen LogP contribution in [0.1, 0.15) is 28.5 Å². The molecule has 0 amide bonds. The van der Waals surface area contributed by atoms with Crippen LogP contribution in [0, 0.1) is 6.92 Å². The van der Waals surface area contributed by atoms with E-state index in [1.807, 2.05) is 91.0 Å². The topological polar surface area (TPSA) is 137 Å². The molecular weight excluding hydrogens is 548 g/mol. The number of ether oxygens (including phenoxy) is 2. The second kappa shape index (κ2) is 11.6. The molecule has 1 unspecified atom stereocenters. The molecule has 4 aromatic rings. The summed E-state index contributed by atoms with van der Waals surface area (Å²) < 4.78 is 43.3. The molecule has 11 heteroatoms. The molecule has 2 N–H and O–H groups in total. The van der Waals surface area contributed by atoms with Gasteiger partial charge >= 0.3 is 5.69 Å². The van der Waals surface area contributed by atoms with Gasteiger partial charge in [-0.2, -0.15) is 8.42 Å². The first-order chi connectivity index (χ1) is 19.6. The van der Waals surface area contributed by atoms with E-state index in [0.29, 0.717) is 0 Å². The third-order valence-electron chi connectivity index (χ3n) is 7.02. The Bertz CT molecular complexity index is 1610. The summed E-state index contributed by atoms with van der Waals surface area (Å²) in [7, 11) is -4.08. The maximum Gasteiger partial charge on any atom is 0.330 e. The van der Waals surface area contributed by atoms with Crippen LogP contribution in [-0.2, 0) is 29.4 Å². The summed E-state index contributed by atoms with van der Waals surface area (Å²) in [5.41, 5.74) is 0.0754. The van der Waals surface area contributed by atoms with Gasteiger partial charge in [-0.05, 0) is 23.6 Å². The monoisotopic (exact) mass is 578 g/mol. The third-order valence-corrected chi connectivity index (χ3v) is 7.60. The number of aromatic amines is 1. The molecule has 0 bridgehead atoms. The van der Waals surface area contributed by atoms with Crippen LogP contribution < -0.4 is 11.2 Å². The summed E-state index contributed by atoms with van der Waals surface area (Å²) in [5, 5.41) is 11.3. The van der Waals surface area contributed by atoms with Crippen molar-refractivity contribution in [1.29, 1.82) is 0 Å². The molecule has 0 spiro atoms. The van der Waals surface area contributed by atoms with E-state index in [1.165, 1.54) is 13.1 Å². The minimum absolute atomic E-state index is 0.191. The quantitative estimate of drug-likeness (QED) is 0.228. The summed E-state index contributed by atoms with van der Waals surface area (Å²) in [4.78, 5) is 26.8. The first kappa shape index (κ1) is 28.7. The molecule has 1 fully saturated rings. The van der Waals surface area contributed by atoms with Gasteiger partial charge in [0.15, 0.2) is 12.3 Å². The van der Waals surface area contributed by atoms with E-state index >= 15 is 0 Å². The van der Waals surface area contributed by atoms with Crippen molar-refractivity contribution in [2.45, 2.75) is 37.1 Å². The van der Waals surface area contributed by atoms with Crippen molar-refractivity contribution >= 4 is 10.1 Å². The van der Waals surface area contributed by atoms with Crippen LogP contribution in [0.2, 0.25) is 0 Å². The van der Waals surface area contributed by atoms with Crippen molar-refractivity contribution in [1.82, 2.24) is 9.55 Å². The highest BCUT2D eigenvalue weighted by Crippen LogP contribution is 2.42. The summed E-state index contributed by atoms with van der Waals surface area (Å²) in [6.07, 6.45) is -3.39. The Labute approximate surface area is 236 Å². The second-order valence-electron chi connectivity index (χ2n) is 9.89. The van der Waals surface area contributed by atoms with Crippen LogP contribution in [0.25, 0.3) is 0 Å². The zero-order valence-corrected chi connectivity index (χ0v) is 23.2. The predicted molar refractivity (Wildman–Crippen MR) is 151 cm³/mol. The van der Waals surface area contributed by atoms with Crippen molar-refractivity contribution in [3.63, 3.8) is 0 Å². The Morgan fingerprint density at radius 1 is 0.902 bits per heavy atom. The van der Waals surface area contributed by atoms with Crippen LogP contribution in [0.15, 0.2) is 107 Å². The van der Waals surface area contributed by atoms with Gasteiger partial charge < -0.3 is 14.6 Å². The summed E-state index contributed by atoms with van der Waals surface area (Å²) >= 11 is 0. The van der Waals surface area contributed by atoms with Crippen molar-refractivity contribution in [2.24, 2.45) is 0 Å². The molecule has 4 atom stereocenters. The van der Waals surface area contributed by atoms with E-state index in [4.69, 9.17) is 13.7 Å². The highest BCUT2D eigenvalue weighted by molar-refractivity contribution is 7.86. The van der Waals surface area contributed by atoms with Gasteiger partial charge in [0.1, 0.15) is 17.8 Å². The number of aromatic nitrogens is 2. The van der Waals surface area contributed by atoms with E-state index in [1.54, 1.807) is 0 Å². The van der Waals surface area contributed by atoms with Crippen molar-refractivity contribution < 1.29 is 27.2 Å². The standard InChI is InChI=1S/C30H30N2O8S/c1-20-18-32(29(35)31-27(20)34)28-26(40-41(2,36)37)25(33)24(39-28)19-38-30(21-12-6-3-7-13-21,22-14-8-4-9-15-22)23-16-10-5-11-17-23/h3-18,24-26,28,33H,19H2,1-2H3,(H,31,34,35)/t24-,25+,26?,28-/m1/s1. The van der Waals surface area contributed by atoms with E-state index in [-0.39, 0.29) is 12.2 Å². The first-order valence-electron chi connectivity index (χ1n) is 12.9. The highest BCUT2D eigenvalue weighted by Gasteiger charge is 2.49. The van der Waals surface area contributed by atoms with Crippen LogP contribution in [-0.4, -0.2) is 54.2 Å². The van der Waals surface area contributed by atoms with Gasteiger partial charge in [-0.25, -0.2) is 4.79 Å². The van der Waals surface area contributed by atoms with Gasteiger partial charge in [0.2, 0.25) is 0 Å². The van der Waals surface area contributed by atoms with E-state index in [0.717, 1.165) is 27.5 Å². The molecule has 1 aliphatic rings. The number of nitrogens with one attached hydrogen (secondary N) is 1. The van der Waals surface area contributed by atoms with Gasteiger partial charge in [0.05, 0.1) is 12.9 Å². The summed E-state index contributed by atoms with van der Waals surface area (Å²) in [5.74, 6) is 0. The van der Waals surface area contributed by atoms with Gasteiger partial charge in [-0.1, -0.05) is 91.0 Å². The van der Waals surface area contributed by atoms with Gasteiger partial charge in [0.25, 0.3) is 15.7 Å². The van der Waals surface area contributed by atoms with E-state index < -0.39 is 51.5 Å². The lowest BCUT2D eigenvalue weighted by molar-refractivity contribution is -0.0954. The molecule has 2 heterocycles. The maximum absolute atomic E-state index is 12.7. The third kappa shape index (κ3) is 5.81.